The summed E-state index contributed by atoms with van der Waals surface area (Å²) in [6, 6.07) is 12.7. The van der Waals surface area contributed by atoms with Gasteiger partial charge in [-0.15, -0.1) is 0 Å². The summed E-state index contributed by atoms with van der Waals surface area (Å²) in [4.78, 5) is 32.6. The molecule has 0 radical (unpaired) electrons. The lowest BCUT2D eigenvalue weighted by Gasteiger charge is -2.17. The third-order valence-corrected chi connectivity index (χ3v) is 5.71. The Morgan fingerprint density at radius 3 is 2.45 bits per heavy atom. The smallest absolute Gasteiger partial charge is 0.255 e. The van der Waals surface area contributed by atoms with E-state index in [2.05, 4.69) is 36.5 Å². The second kappa shape index (κ2) is 9.03. The first-order chi connectivity index (χ1) is 14.9. The van der Waals surface area contributed by atoms with Gasteiger partial charge in [0.25, 0.3) is 5.91 Å². The van der Waals surface area contributed by atoms with E-state index in [9.17, 15) is 9.59 Å². The highest BCUT2D eigenvalue weighted by Gasteiger charge is 2.51. The number of rotatable bonds is 7. The Labute approximate surface area is 192 Å². The van der Waals surface area contributed by atoms with E-state index in [0.717, 1.165) is 10.0 Å². The van der Waals surface area contributed by atoms with Crippen LogP contribution in [0.4, 0.5) is 0 Å². The Hall–Kier alpha value is -2.97. The van der Waals surface area contributed by atoms with Gasteiger partial charge in [-0.1, -0.05) is 23.7 Å². The average molecular weight is 502 g/mol. The van der Waals surface area contributed by atoms with Crippen LogP contribution in [-0.4, -0.2) is 27.3 Å². The molecule has 1 aromatic heterocycles. The van der Waals surface area contributed by atoms with E-state index in [-0.39, 0.29) is 11.8 Å². The van der Waals surface area contributed by atoms with Crippen LogP contribution in [0.2, 0.25) is 5.02 Å². The molecule has 7 nitrogen and oxygen atoms in total. The number of aromatic nitrogens is 2. The van der Waals surface area contributed by atoms with Crippen LogP contribution in [0.15, 0.2) is 65.7 Å². The molecular weight excluding hydrogens is 484 g/mol. The maximum absolute atomic E-state index is 12.6. The maximum Gasteiger partial charge on any atom is 0.255 e. The van der Waals surface area contributed by atoms with Gasteiger partial charge in [-0.05, 0) is 64.7 Å². The highest BCUT2D eigenvalue weighted by Crippen LogP contribution is 2.36. The molecule has 0 spiro atoms. The predicted molar refractivity (Wildman–Crippen MR) is 119 cm³/mol. The largest absolute Gasteiger partial charge is 0.456 e. The van der Waals surface area contributed by atoms with E-state index in [1.807, 2.05) is 24.3 Å². The molecule has 1 heterocycles. The van der Waals surface area contributed by atoms with Crippen molar-refractivity contribution in [3.8, 4) is 11.5 Å². The van der Waals surface area contributed by atoms with Crippen molar-refractivity contribution < 1.29 is 14.3 Å². The second-order valence-corrected chi connectivity index (χ2v) is 8.46. The van der Waals surface area contributed by atoms with Crippen LogP contribution in [0.25, 0.3) is 0 Å². The first-order valence-corrected chi connectivity index (χ1v) is 10.7. The standard InChI is InChI=1S/C22H18BrClN4O3/c23-18-9-16(24)3-6-19(18)31-17-4-1-14(2-5-17)10-27-21(30)22(7-8-22)28-20(29)15-11-25-13-26-12-15/h1-6,9,11-13H,7-8,10H2,(H,27,30)(H,28,29). The molecule has 2 amide bonds. The number of carbonyl (C=O) groups excluding carboxylic acids is 2. The summed E-state index contributed by atoms with van der Waals surface area (Å²) in [6.45, 7) is 0.343. The second-order valence-electron chi connectivity index (χ2n) is 7.17. The Morgan fingerprint density at radius 1 is 1.10 bits per heavy atom. The van der Waals surface area contributed by atoms with Gasteiger partial charge < -0.3 is 15.4 Å². The van der Waals surface area contributed by atoms with E-state index in [1.54, 1.807) is 18.2 Å². The van der Waals surface area contributed by atoms with Gasteiger partial charge in [0.2, 0.25) is 5.91 Å². The summed E-state index contributed by atoms with van der Waals surface area (Å²) >= 11 is 9.37. The van der Waals surface area contributed by atoms with E-state index >= 15 is 0 Å². The topological polar surface area (TPSA) is 93.2 Å². The molecule has 1 fully saturated rings. The summed E-state index contributed by atoms with van der Waals surface area (Å²) < 4.78 is 6.60. The molecule has 1 saturated carbocycles. The zero-order valence-electron chi connectivity index (χ0n) is 16.3. The third kappa shape index (κ3) is 5.21. The minimum Gasteiger partial charge on any atom is -0.456 e. The van der Waals surface area contributed by atoms with Crippen LogP contribution >= 0.6 is 27.5 Å². The lowest BCUT2D eigenvalue weighted by Crippen LogP contribution is -2.48. The van der Waals surface area contributed by atoms with Gasteiger partial charge in [-0.3, -0.25) is 9.59 Å². The van der Waals surface area contributed by atoms with Crippen LogP contribution in [0.1, 0.15) is 28.8 Å². The molecule has 0 unspecified atom stereocenters. The number of ether oxygens (including phenoxy) is 1. The van der Waals surface area contributed by atoms with Crippen LogP contribution in [0.3, 0.4) is 0 Å². The average Bonchev–Trinajstić information content (AvgIpc) is 3.56. The maximum atomic E-state index is 12.6. The van der Waals surface area contributed by atoms with Crippen molar-refractivity contribution in [2.75, 3.05) is 0 Å². The molecule has 0 bridgehead atoms. The monoisotopic (exact) mass is 500 g/mol. The molecule has 158 valence electrons. The zero-order valence-corrected chi connectivity index (χ0v) is 18.6. The van der Waals surface area contributed by atoms with Crippen LogP contribution in [0, 0.1) is 0 Å². The van der Waals surface area contributed by atoms with Crippen molar-refractivity contribution in [1.82, 2.24) is 20.6 Å². The first kappa shape index (κ1) is 21.3. The minimum absolute atomic E-state index is 0.205. The minimum atomic E-state index is -0.864. The van der Waals surface area contributed by atoms with E-state index in [0.29, 0.717) is 41.5 Å². The van der Waals surface area contributed by atoms with Crippen LogP contribution < -0.4 is 15.4 Å². The fourth-order valence-corrected chi connectivity index (χ4v) is 3.72. The zero-order chi connectivity index (χ0) is 21.8. The van der Waals surface area contributed by atoms with Crippen LogP contribution in [0.5, 0.6) is 11.5 Å². The lowest BCUT2D eigenvalue weighted by atomic mass is 10.2. The van der Waals surface area contributed by atoms with Gasteiger partial charge in [0, 0.05) is 24.0 Å². The van der Waals surface area contributed by atoms with Gasteiger partial charge in [-0.2, -0.15) is 0 Å². The fraction of sp³-hybridized carbons (Fsp3) is 0.182. The molecule has 31 heavy (non-hydrogen) atoms. The molecule has 3 aromatic rings. The van der Waals surface area contributed by atoms with Crippen molar-refractivity contribution in [2.24, 2.45) is 0 Å². The summed E-state index contributed by atoms with van der Waals surface area (Å²) in [5.41, 5.74) is 0.371. The molecule has 0 atom stereocenters. The number of hydrogen-bond donors (Lipinski definition) is 2. The van der Waals surface area contributed by atoms with Gasteiger partial charge in [0.05, 0.1) is 10.0 Å². The summed E-state index contributed by atoms with van der Waals surface area (Å²) in [5.74, 6) is 0.751. The van der Waals surface area contributed by atoms with Crippen molar-refractivity contribution >= 4 is 39.3 Å². The number of hydrogen-bond acceptors (Lipinski definition) is 5. The number of carbonyl (C=O) groups is 2. The van der Waals surface area contributed by atoms with Crippen molar-refractivity contribution in [3.63, 3.8) is 0 Å². The Balaban J connectivity index is 1.31. The van der Waals surface area contributed by atoms with Gasteiger partial charge >= 0.3 is 0 Å². The molecule has 9 heteroatoms. The summed E-state index contributed by atoms with van der Waals surface area (Å²) in [5, 5.41) is 6.31. The molecule has 2 N–H and O–H groups in total. The molecule has 0 aliphatic heterocycles. The Morgan fingerprint density at radius 2 is 1.81 bits per heavy atom. The number of nitrogens with one attached hydrogen (secondary N) is 2. The predicted octanol–water partition coefficient (Wildman–Crippen LogP) is 4.26. The van der Waals surface area contributed by atoms with Gasteiger partial charge in [0.1, 0.15) is 23.4 Å². The molecule has 1 aliphatic carbocycles. The third-order valence-electron chi connectivity index (χ3n) is 4.86. The Bertz CT molecular complexity index is 1110. The molecule has 1 aliphatic rings. The molecule has 0 saturated heterocycles. The van der Waals surface area contributed by atoms with Gasteiger partial charge in [0.15, 0.2) is 0 Å². The number of halogens is 2. The highest BCUT2D eigenvalue weighted by atomic mass is 79.9. The van der Waals surface area contributed by atoms with Crippen molar-refractivity contribution in [1.29, 1.82) is 0 Å². The van der Waals surface area contributed by atoms with Gasteiger partial charge in [-0.25, -0.2) is 9.97 Å². The summed E-state index contributed by atoms with van der Waals surface area (Å²) in [7, 11) is 0. The quantitative estimate of drug-likeness (QED) is 0.504. The van der Waals surface area contributed by atoms with E-state index in [4.69, 9.17) is 16.3 Å². The summed E-state index contributed by atoms with van der Waals surface area (Å²) in [6.07, 6.45) is 5.38. The SMILES string of the molecule is O=C(NC1(C(=O)NCc2ccc(Oc3ccc(Cl)cc3Br)cc2)CC1)c1cncnc1. The van der Waals surface area contributed by atoms with Crippen LogP contribution in [-0.2, 0) is 11.3 Å². The fourth-order valence-electron chi connectivity index (χ4n) is 2.95. The number of nitrogens with zero attached hydrogens (tertiary/aromatic N) is 2. The van der Waals surface area contributed by atoms with Crippen molar-refractivity contribution in [2.45, 2.75) is 24.9 Å². The highest BCUT2D eigenvalue weighted by molar-refractivity contribution is 9.10. The Kier molecular flexibility index (Phi) is 6.20. The first-order valence-electron chi connectivity index (χ1n) is 9.53. The molecular formula is C22H18BrClN4O3. The lowest BCUT2D eigenvalue weighted by molar-refractivity contribution is -0.124. The normalized spacial score (nSPS) is 13.9. The van der Waals surface area contributed by atoms with E-state index in [1.165, 1.54) is 18.7 Å². The molecule has 2 aromatic carbocycles. The number of amides is 2. The van der Waals surface area contributed by atoms with E-state index < -0.39 is 5.54 Å². The molecule has 4 rings (SSSR count). The van der Waals surface area contributed by atoms with Crippen molar-refractivity contribution in [3.05, 3.63) is 81.8 Å². The number of benzene rings is 2.